The average Bonchev–Trinajstić information content (AvgIpc) is 2.43. The van der Waals surface area contributed by atoms with Crippen LogP contribution in [0.1, 0.15) is 0 Å². The summed E-state index contributed by atoms with van der Waals surface area (Å²) >= 11 is 5.59. The fourth-order valence-electron chi connectivity index (χ4n) is 1.58. The molecule has 0 spiro atoms. The summed E-state index contributed by atoms with van der Waals surface area (Å²) in [4.78, 5) is 0. The van der Waals surface area contributed by atoms with Crippen molar-refractivity contribution in [3.63, 3.8) is 0 Å². The summed E-state index contributed by atoms with van der Waals surface area (Å²) in [6.07, 6.45) is 0. The second-order valence-corrected chi connectivity index (χ2v) is 6.46. The van der Waals surface area contributed by atoms with Crippen LogP contribution in [-0.4, -0.2) is 20.8 Å². The summed E-state index contributed by atoms with van der Waals surface area (Å²) in [5.74, 6) is -0.235. The van der Waals surface area contributed by atoms with Gasteiger partial charge in [0.15, 0.2) is 0 Å². The van der Waals surface area contributed by atoms with Gasteiger partial charge in [-0.05, 0) is 30.3 Å². The first-order chi connectivity index (χ1) is 9.96. The molecule has 2 aromatic carbocycles. The molecule has 4 nitrogen and oxygen atoms in total. The molecule has 0 amide bonds. The molecule has 0 saturated carbocycles. The molecule has 0 aromatic heterocycles. The van der Waals surface area contributed by atoms with E-state index in [9.17, 15) is 12.8 Å². The first kappa shape index (κ1) is 15.6. The molecular weight excluding hydrogens is 317 g/mol. The van der Waals surface area contributed by atoms with Crippen molar-refractivity contribution in [3.8, 4) is 5.75 Å². The molecule has 2 aromatic rings. The third kappa shape index (κ3) is 4.91. The Hall–Kier alpha value is -1.79. The number of anilines is 1. The van der Waals surface area contributed by atoms with Crippen molar-refractivity contribution in [1.82, 2.24) is 0 Å². The monoisotopic (exact) mass is 329 g/mol. The molecule has 2 rings (SSSR count). The van der Waals surface area contributed by atoms with E-state index in [0.29, 0.717) is 5.75 Å². The van der Waals surface area contributed by atoms with Gasteiger partial charge in [0.2, 0.25) is 10.0 Å². The van der Waals surface area contributed by atoms with Crippen molar-refractivity contribution in [1.29, 1.82) is 0 Å². The molecular formula is C14H13ClFNO3S. The van der Waals surface area contributed by atoms with E-state index in [-0.39, 0.29) is 23.1 Å². The molecule has 112 valence electrons. The van der Waals surface area contributed by atoms with Crippen LogP contribution in [0.2, 0.25) is 5.02 Å². The molecule has 0 fully saturated rings. The molecule has 0 bridgehead atoms. The number of rotatable bonds is 6. The molecule has 0 aliphatic carbocycles. The third-order valence-electron chi connectivity index (χ3n) is 2.56. The number of benzene rings is 2. The van der Waals surface area contributed by atoms with Gasteiger partial charge in [-0.2, -0.15) is 0 Å². The molecule has 0 radical (unpaired) electrons. The van der Waals surface area contributed by atoms with Gasteiger partial charge in [0, 0.05) is 0 Å². The summed E-state index contributed by atoms with van der Waals surface area (Å²) in [6, 6.07) is 12.5. The molecule has 0 aliphatic heterocycles. The number of ether oxygens (including phenoxy) is 1. The molecule has 0 heterocycles. The maximum Gasteiger partial charge on any atom is 0.236 e. The molecule has 7 heteroatoms. The van der Waals surface area contributed by atoms with Crippen molar-refractivity contribution >= 4 is 27.3 Å². The lowest BCUT2D eigenvalue weighted by Gasteiger charge is -2.09. The second-order valence-electron chi connectivity index (χ2n) is 4.21. The van der Waals surface area contributed by atoms with Gasteiger partial charge in [-0.25, -0.2) is 12.8 Å². The van der Waals surface area contributed by atoms with Gasteiger partial charge in [-0.15, -0.1) is 0 Å². The Kier molecular flexibility index (Phi) is 5.03. The van der Waals surface area contributed by atoms with Crippen LogP contribution in [0.5, 0.6) is 5.75 Å². The van der Waals surface area contributed by atoms with Crippen LogP contribution in [0.15, 0.2) is 48.5 Å². The van der Waals surface area contributed by atoms with Crippen LogP contribution in [0.25, 0.3) is 0 Å². The van der Waals surface area contributed by atoms with Gasteiger partial charge in [-0.1, -0.05) is 29.8 Å². The first-order valence-corrected chi connectivity index (χ1v) is 8.13. The molecule has 0 aliphatic rings. The van der Waals surface area contributed by atoms with E-state index in [0.717, 1.165) is 6.07 Å². The topological polar surface area (TPSA) is 55.4 Å². The highest BCUT2D eigenvalue weighted by Gasteiger charge is 2.12. The van der Waals surface area contributed by atoms with Crippen LogP contribution in [0.3, 0.4) is 0 Å². The smallest absolute Gasteiger partial charge is 0.236 e. The number of halogens is 2. The Labute approximate surface area is 127 Å². The third-order valence-corrected chi connectivity index (χ3v) is 4.10. The summed E-state index contributed by atoms with van der Waals surface area (Å²) in [6.45, 7) is 0.00821. The maximum atomic E-state index is 13.0. The van der Waals surface area contributed by atoms with Crippen molar-refractivity contribution in [2.75, 3.05) is 17.1 Å². The van der Waals surface area contributed by atoms with Gasteiger partial charge in [0.25, 0.3) is 0 Å². The zero-order valence-corrected chi connectivity index (χ0v) is 12.5. The standard InChI is InChI=1S/C14H13ClFNO3S/c15-13-10-11(6-7-14(13)16)17-21(18,19)9-8-20-12-4-2-1-3-5-12/h1-7,10,17H,8-9H2. The van der Waals surface area contributed by atoms with Gasteiger partial charge in [0.1, 0.15) is 23.9 Å². The summed E-state index contributed by atoms with van der Waals surface area (Å²) in [5.41, 5.74) is 0.209. The Bertz CT molecular complexity index is 707. The van der Waals surface area contributed by atoms with E-state index < -0.39 is 15.8 Å². The second kappa shape index (κ2) is 6.78. The molecule has 0 unspecified atom stereocenters. The minimum atomic E-state index is -3.59. The van der Waals surface area contributed by atoms with Crippen LogP contribution in [0, 0.1) is 5.82 Å². The summed E-state index contributed by atoms with van der Waals surface area (Å²) in [5, 5.41) is -0.143. The Balaban J connectivity index is 1.91. The fourth-order valence-corrected chi connectivity index (χ4v) is 2.65. The zero-order valence-electron chi connectivity index (χ0n) is 10.9. The van der Waals surface area contributed by atoms with Crippen molar-refractivity contribution < 1.29 is 17.5 Å². The predicted molar refractivity (Wildman–Crippen MR) is 80.8 cm³/mol. The van der Waals surface area contributed by atoms with Crippen LogP contribution < -0.4 is 9.46 Å². The predicted octanol–water partition coefficient (Wildman–Crippen LogP) is 3.30. The summed E-state index contributed by atoms with van der Waals surface area (Å²) in [7, 11) is -3.59. The lowest BCUT2D eigenvalue weighted by Crippen LogP contribution is -2.21. The first-order valence-electron chi connectivity index (χ1n) is 6.10. The molecule has 0 atom stereocenters. The minimum Gasteiger partial charge on any atom is -0.492 e. The highest BCUT2D eigenvalue weighted by Crippen LogP contribution is 2.20. The van der Waals surface area contributed by atoms with E-state index >= 15 is 0 Å². The minimum absolute atomic E-state index is 0.00821. The quantitative estimate of drug-likeness (QED) is 0.884. The van der Waals surface area contributed by atoms with E-state index in [1.807, 2.05) is 6.07 Å². The summed E-state index contributed by atoms with van der Waals surface area (Å²) < 4.78 is 44.3. The van der Waals surface area contributed by atoms with Gasteiger partial charge in [0.05, 0.1) is 10.7 Å². The highest BCUT2D eigenvalue weighted by atomic mass is 35.5. The number of sulfonamides is 1. The van der Waals surface area contributed by atoms with Crippen LogP contribution in [0.4, 0.5) is 10.1 Å². The van der Waals surface area contributed by atoms with Gasteiger partial charge < -0.3 is 4.74 Å². The molecule has 0 saturated heterocycles. The van der Waals surface area contributed by atoms with Crippen molar-refractivity contribution in [2.45, 2.75) is 0 Å². The number of nitrogens with one attached hydrogen (secondary N) is 1. The SMILES string of the molecule is O=S(=O)(CCOc1ccccc1)Nc1ccc(F)c(Cl)c1. The molecule has 1 N–H and O–H groups in total. The zero-order chi connectivity index (χ0) is 15.3. The number of para-hydroxylation sites is 1. The highest BCUT2D eigenvalue weighted by molar-refractivity contribution is 7.92. The Morgan fingerprint density at radius 3 is 2.52 bits per heavy atom. The fraction of sp³-hybridized carbons (Fsp3) is 0.143. The van der Waals surface area contributed by atoms with Gasteiger partial charge in [-0.3, -0.25) is 4.72 Å². The average molecular weight is 330 g/mol. The number of hydrogen-bond acceptors (Lipinski definition) is 3. The van der Waals surface area contributed by atoms with Crippen molar-refractivity contribution in [2.24, 2.45) is 0 Å². The normalized spacial score (nSPS) is 11.1. The molecule has 21 heavy (non-hydrogen) atoms. The van der Waals surface area contributed by atoms with Crippen LogP contribution >= 0.6 is 11.6 Å². The Morgan fingerprint density at radius 1 is 1.14 bits per heavy atom. The Morgan fingerprint density at radius 2 is 1.86 bits per heavy atom. The number of hydrogen-bond donors (Lipinski definition) is 1. The lowest BCUT2D eigenvalue weighted by molar-refractivity contribution is 0.341. The lowest BCUT2D eigenvalue weighted by atomic mass is 10.3. The van der Waals surface area contributed by atoms with Crippen molar-refractivity contribution in [3.05, 3.63) is 59.4 Å². The van der Waals surface area contributed by atoms with E-state index in [2.05, 4.69) is 4.72 Å². The van der Waals surface area contributed by atoms with Crippen LogP contribution in [-0.2, 0) is 10.0 Å². The maximum absolute atomic E-state index is 13.0. The van der Waals surface area contributed by atoms with E-state index in [1.54, 1.807) is 24.3 Å². The van der Waals surface area contributed by atoms with E-state index in [1.165, 1.54) is 12.1 Å². The largest absolute Gasteiger partial charge is 0.492 e. The van der Waals surface area contributed by atoms with Gasteiger partial charge >= 0.3 is 0 Å². The van der Waals surface area contributed by atoms with E-state index in [4.69, 9.17) is 16.3 Å².